The summed E-state index contributed by atoms with van der Waals surface area (Å²) in [5, 5.41) is 0. The van der Waals surface area contributed by atoms with E-state index in [4.69, 9.17) is 4.74 Å². The Bertz CT molecular complexity index is 589. The first-order valence-corrected chi connectivity index (χ1v) is 7.89. The summed E-state index contributed by atoms with van der Waals surface area (Å²) in [4.78, 5) is 27.4. The number of nitrogens with zero attached hydrogens (tertiary/aromatic N) is 2. The van der Waals surface area contributed by atoms with Crippen LogP contribution >= 0.6 is 0 Å². The molecule has 1 aliphatic heterocycles. The normalized spacial score (nSPS) is 15.5. The summed E-state index contributed by atoms with van der Waals surface area (Å²) in [7, 11) is 0. The van der Waals surface area contributed by atoms with Gasteiger partial charge in [-0.1, -0.05) is 0 Å². The van der Waals surface area contributed by atoms with E-state index >= 15 is 0 Å². The quantitative estimate of drug-likeness (QED) is 0.858. The standard InChI is InChI=1S/C17H23FN2O3/c1-12(2)23-16-6-5-14(11-15(16)18)17(22)20-8-4-7-19(9-10-20)13(3)21/h5-6,11-12H,4,7-10H2,1-3H3. The van der Waals surface area contributed by atoms with E-state index in [0.29, 0.717) is 31.7 Å². The third-order valence-electron chi connectivity index (χ3n) is 3.77. The van der Waals surface area contributed by atoms with Gasteiger partial charge in [0.25, 0.3) is 5.91 Å². The predicted octanol–water partition coefficient (Wildman–Crippen LogP) is 2.31. The predicted molar refractivity (Wildman–Crippen MR) is 84.9 cm³/mol. The Morgan fingerprint density at radius 2 is 1.78 bits per heavy atom. The summed E-state index contributed by atoms with van der Waals surface area (Å²) in [5.74, 6) is -0.592. The number of halogens is 1. The van der Waals surface area contributed by atoms with Gasteiger partial charge in [0.2, 0.25) is 5.91 Å². The monoisotopic (exact) mass is 322 g/mol. The number of amides is 2. The molecule has 0 aliphatic carbocycles. The van der Waals surface area contributed by atoms with Gasteiger partial charge in [-0.3, -0.25) is 9.59 Å². The van der Waals surface area contributed by atoms with Gasteiger partial charge in [-0.05, 0) is 38.5 Å². The lowest BCUT2D eigenvalue weighted by Gasteiger charge is -2.21. The summed E-state index contributed by atoms with van der Waals surface area (Å²) in [6.07, 6.45) is 0.594. The van der Waals surface area contributed by atoms with Crippen LogP contribution < -0.4 is 4.74 Å². The molecule has 2 amide bonds. The summed E-state index contributed by atoms with van der Waals surface area (Å²) in [5.41, 5.74) is 0.301. The highest BCUT2D eigenvalue weighted by molar-refractivity contribution is 5.94. The van der Waals surface area contributed by atoms with Crippen molar-refractivity contribution in [2.45, 2.75) is 33.3 Å². The van der Waals surface area contributed by atoms with E-state index in [9.17, 15) is 14.0 Å². The van der Waals surface area contributed by atoms with Gasteiger partial charge in [0, 0.05) is 38.7 Å². The van der Waals surface area contributed by atoms with Crippen LogP contribution in [-0.4, -0.2) is 53.9 Å². The maximum atomic E-state index is 14.0. The topological polar surface area (TPSA) is 49.9 Å². The minimum Gasteiger partial charge on any atom is -0.488 e. The SMILES string of the molecule is CC(=O)N1CCCN(C(=O)c2ccc(OC(C)C)c(F)c2)CC1. The number of benzene rings is 1. The maximum absolute atomic E-state index is 14.0. The van der Waals surface area contributed by atoms with E-state index in [-0.39, 0.29) is 23.7 Å². The summed E-state index contributed by atoms with van der Waals surface area (Å²) in [6, 6.07) is 4.28. The first kappa shape index (κ1) is 17.2. The largest absolute Gasteiger partial charge is 0.488 e. The third kappa shape index (κ3) is 4.43. The average molecular weight is 322 g/mol. The lowest BCUT2D eigenvalue weighted by molar-refractivity contribution is -0.128. The zero-order valence-electron chi connectivity index (χ0n) is 13.8. The van der Waals surface area contributed by atoms with Crippen molar-refractivity contribution in [2.24, 2.45) is 0 Å². The highest BCUT2D eigenvalue weighted by Gasteiger charge is 2.22. The fourth-order valence-electron chi connectivity index (χ4n) is 2.60. The fourth-order valence-corrected chi connectivity index (χ4v) is 2.60. The Kier molecular flexibility index (Phi) is 5.58. The molecule has 1 fully saturated rings. The molecule has 2 rings (SSSR count). The summed E-state index contributed by atoms with van der Waals surface area (Å²) >= 11 is 0. The Hall–Kier alpha value is -2.11. The van der Waals surface area contributed by atoms with Gasteiger partial charge < -0.3 is 14.5 Å². The summed E-state index contributed by atoms with van der Waals surface area (Å²) in [6.45, 7) is 7.35. The lowest BCUT2D eigenvalue weighted by Crippen LogP contribution is -2.36. The van der Waals surface area contributed by atoms with Crippen LogP contribution in [0.2, 0.25) is 0 Å². The van der Waals surface area contributed by atoms with E-state index in [0.717, 1.165) is 6.42 Å². The van der Waals surface area contributed by atoms with E-state index in [2.05, 4.69) is 0 Å². The van der Waals surface area contributed by atoms with Crippen LogP contribution in [-0.2, 0) is 4.79 Å². The number of hydrogen-bond donors (Lipinski definition) is 0. The van der Waals surface area contributed by atoms with Gasteiger partial charge in [0.1, 0.15) is 0 Å². The smallest absolute Gasteiger partial charge is 0.254 e. The van der Waals surface area contributed by atoms with Crippen molar-refractivity contribution in [3.8, 4) is 5.75 Å². The maximum Gasteiger partial charge on any atom is 0.254 e. The summed E-state index contributed by atoms with van der Waals surface area (Å²) < 4.78 is 19.4. The number of hydrogen-bond acceptors (Lipinski definition) is 3. The molecule has 0 aromatic heterocycles. The molecule has 0 radical (unpaired) electrons. The van der Waals surface area contributed by atoms with Crippen LogP contribution in [0.15, 0.2) is 18.2 Å². The van der Waals surface area contributed by atoms with Gasteiger partial charge in [-0.25, -0.2) is 4.39 Å². The number of carbonyl (C=O) groups is 2. The second kappa shape index (κ2) is 7.44. The Balaban J connectivity index is 2.08. The highest BCUT2D eigenvalue weighted by atomic mass is 19.1. The lowest BCUT2D eigenvalue weighted by atomic mass is 10.1. The molecule has 1 aromatic rings. The van der Waals surface area contributed by atoms with Crippen molar-refractivity contribution in [3.05, 3.63) is 29.6 Å². The second-order valence-corrected chi connectivity index (χ2v) is 5.96. The molecule has 1 heterocycles. The minimum atomic E-state index is -0.537. The zero-order chi connectivity index (χ0) is 17.0. The van der Waals surface area contributed by atoms with Crippen molar-refractivity contribution < 1.29 is 18.7 Å². The van der Waals surface area contributed by atoms with Crippen LogP contribution in [0.3, 0.4) is 0 Å². The van der Waals surface area contributed by atoms with Crippen LogP contribution in [0, 0.1) is 5.82 Å². The highest BCUT2D eigenvalue weighted by Crippen LogP contribution is 2.21. The third-order valence-corrected chi connectivity index (χ3v) is 3.77. The molecule has 0 unspecified atom stereocenters. The Morgan fingerprint density at radius 3 is 2.39 bits per heavy atom. The number of ether oxygens (including phenoxy) is 1. The molecule has 5 nitrogen and oxygen atoms in total. The first-order chi connectivity index (χ1) is 10.9. The molecule has 0 saturated carbocycles. The van der Waals surface area contributed by atoms with Crippen LogP contribution in [0.1, 0.15) is 37.6 Å². The van der Waals surface area contributed by atoms with Crippen molar-refractivity contribution >= 4 is 11.8 Å². The molecule has 1 aliphatic rings. The van der Waals surface area contributed by atoms with Crippen molar-refractivity contribution in [3.63, 3.8) is 0 Å². The van der Waals surface area contributed by atoms with Gasteiger partial charge in [0.15, 0.2) is 11.6 Å². The Labute approximate surface area is 136 Å². The number of carbonyl (C=O) groups excluding carboxylic acids is 2. The Morgan fingerprint density at radius 1 is 1.13 bits per heavy atom. The van der Waals surface area contributed by atoms with Crippen molar-refractivity contribution in [1.82, 2.24) is 9.80 Å². The second-order valence-electron chi connectivity index (χ2n) is 5.96. The van der Waals surface area contributed by atoms with Gasteiger partial charge in [-0.2, -0.15) is 0 Å². The molecule has 0 N–H and O–H groups in total. The zero-order valence-corrected chi connectivity index (χ0v) is 13.8. The average Bonchev–Trinajstić information content (AvgIpc) is 2.74. The molecule has 23 heavy (non-hydrogen) atoms. The number of rotatable bonds is 3. The van der Waals surface area contributed by atoms with Crippen LogP contribution in [0.5, 0.6) is 5.75 Å². The molecule has 0 atom stereocenters. The fraction of sp³-hybridized carbons (Fsp3) is 0.529. The first-order valence-electron chi connectivity index (χ1n) is 7.89. The van der Waals surface area contributed by atoms with Crippen LogP contribution in [0.4, 0.5) is 4.39 Å². The molecule has 0 spiro atoms. The van der Waals surface area contributed by atoms with E-state index < -0.39 is 5.82 Å². The molecule has 1 aromatic carbocycles. The molecule has 126 valence electrons. The molecular weight excluding hydrogens is 299 g/mol. The van der Waals surface area contributed by atoms with Crippen LogP contribution in [0.25, 0.3) is 0 Å². The van der Waals surface area contributed by atoms with Crippen molar-refractivity contribution in [1.29, 1.82) is 0 Å². The molecular formula is C17H23FN2O3. The molecule has 1 saturated heterocycles. The minimum absolute atomic E-state index is 0.0144. The van der Waals surface area contributed by atoms with Crippen molar-refractivity contribution in [2.75, 3.05) is 26.2 Å². The van der Waals surface area contributed by atoms with Gasteiger partial charge in [0.05, 0.1) is 6.10 Å². The van der Waals surface area contributed by atoms with E-state index in [1.54, 1.807) is 15.9 Å². The molecule has 0 bridgehead atoms. The van der Waals surface area contributed by atoms with E-state index in [1.807, 2.05) is 13.8 Å². The van der Waals surface area contributed by atoms with E-state index in [1.165, 1.54) is 19.1 Å². The molecule has 6 heteroatoms. The van der Waals surface area contributed by atoms with Gasteiger partial charge in [-0.15, -0.1) is 0 Å². The van der Waals surface area contributed by atoms with Gasteiger partial charge >= 0.3 is 0 Å².